The van der Waals surface area contributed by atoms with Gasteiger partial charge in [0.05, 0.1) is 22.6 Å². The molecule has 1 N–H and O–H groups in total. The monoisotopic (exact) mass is 597 g/mol. The van der Waals surface area contributed by atoms with Gasteiger partial charge in [-0.2, -0.15) is 0 Å². The molecular formula is C26H20BrN3O7S. The van der Waals surface area contributed by atoms with Crippen LogP contribution in [0, 0.1) is 10.1 Å². The van der Waals surface area contributed by atoms with Gasteiger partial charge in [-0.25, -0.2) is 0 Å². The number of anilines is 1. The number of nitrogens with zero attached hydrogens (tertiary/aromatic N) is 2. The first-order chi connectivity index (χ1) is 18.2. The molecule has 0 bridgehead atoms. The van der Waals surface area contributed by atoms with Crippen molar-refractivity contribution in [1.82, 2.24) is 4.90 Å². The molecule has 4 rings (SSSR count). The maximum Gasteiger partial charge on any atom is 0.294 e. The molecule has 0 aromatic heterocycles. The molecule has 0 aliphatic carbocycles. The maximum absolute atomic E-state index is 12.9. The Hall–Kier alpha value is -4.16. The molecule has 1 heterocycles. The zero-order chi connectivity index (χ0) is 27.2. The minimum absolute atomic E-state index is 0.00927. The van der Waals surface area contributed by atoms with Gasteiger partial charge in [0, 0.05) is 16.6 Å². The molecule has 0 radical (unpaired) electrons. The molecule has 0 atom stereocenters. The predicted octanol–water partition coefficient (Wildman–Crippen LogP) is 5.62. The molecule has 1 saturated heterocycles. The van der Waals surface area contributed by atoms with E-state index >= 15 is 0 Å². The lowest BCUT2D eigenvalue weighted by molar-refractivity contribution is -0.384. The fraction of sp³-hybridized carbons (Fsp3) is 0.115. The zero-order valence-corrected chi connectivity index (χ0v) is 22.3. The van der Waals surface area contributed by atoms with Crippen molar-refractivity contribution in [1.29, 1.82) is 0 Å². The van der Waals surface area contributed by atoms with Crippen molar-refractivity contribution in [3.63, 3.8) is 0 Å². The van der Waals surface area contributed by atoms with Crippen molar-refractivity contribution >= 4 is 62.2 Å². The third-order valence-electron chi connectivity index (χ3n) is 5.35. The van der Waals surface area contributed by atoms with E-state index in [1.165, 1.54) is 19.2 Å². The summed E-state index contributed by atoms with van der Waals surface area (Å²) in [6.07, 6.45) is 1.54. The molecule has 0 unspecified atom stereocenters. The molecule has 1 fully saturated rings. The summed E-state index contributed by atoms with van der Waals surface area (Å²) in [4.78, 5) is 49.1. The van der Waals surface area contributed by atoms with Crippen molar-refractivity contribution in [3.8, 4) is 11.5 Å². The van der Waals surface area contributed by atoms with E-state index in [1.54, 1.807) is 60.7 Å². The number of nitrogens with one attached hydrogen (secondary N) is 1. The van der Waals surface area contributed by atoms with E-state index in [4.69, 9.17) is 9.47 Å². The minimum Gasteiger partial charge on any atom is -0.493 e. The number of methoxy groups -OCH3 is 1. The Balaban J connectivity index is 1.42. The summed E-state index contributed by atoms with van der Waals surface area (Å²) >= 11 is 4.08. The highest BCUT2D eigenvalue weighted by atomic mass is 79.9. The lowest BCUT2D eigenvalue weighted by Gasteiger charge is -2.13. The first-order valence-electron chi connectivity index (χ1n) is 11.1. The van der Waals surface area contributed by atoms with Crippen molar-refractivity contribution in [3.05, 3.63) is 97.3 Å². The number of benzene rings is 3. The normalized spacial score (nSPS) is 14.1. The van der Waals surface area contributed by atoms with Gasteiger partial charge in [-0.05, 0) is 81.3 Å². The van der Waals surface area contributed by atoms with Crippen molar-refractivity contribution in [2.24, 2.45) is 0 Å². The van der Waals surface area contributed by atoms with Crippen LogP contribution in [0.3, 0.4) is 0 Å². The van der Waals surface area contributed by atoms with E-state index in [0.29, 0.717) is 27.2 Å². The van der Waals surface area contributed by atoms with Gasteiger partial charge >= 0.3 is 0 Å². The van der Waals surface area contributed by atoms with E-state index in [0.717, 1.165) is 22.2 Å². The molecule has 1 aliphatic heterocycles. The Bertz CT molecular complexity index is 1440. The number of imide groups is 1. The number of carbonyl (C=O) groups excluding carboxylic acids is 3. The van der Waals surface area contributed by atoms with Gasteiger partial charge < -0.3 is 14.8 Å². The Morgan fingerprint density at radius 2 is 1.84 bits per heavy atom. The van der Waals surface area contributed by atoms with Gasteiger partial charge in [0.2, 0.25) is 5.91 Å². The van der Waals surface area contributed by atoms with Crippen LogP contribution in [0.25, 0.3) is 6.08 Å². The highest BCUT2D eigenvalue weighted by Gasteiger charge is 2.36. The van der Waals surface area contributed by atoms with Gasteiger partial charge in [0.15, 0.2) is 11.5 Å². The first-order valence-corrected chi connectivity index (χ1v) is 12.7. The number of non-ortho nitro benzene ring substituents is 1. The summed E-state index contributed by atoms with van der Waals surface area (Å²) in [7, 11) is 1.47. The fourth-order valence-electron chi connectivity index (χ4n) is 3.45. The number of thioether (sulfide) groups is 1. The molecule has 3 amide bonds. The van der Waals surface area contributed by atoms with E-state index in [1.807, 2.05) is 0 Å². The number of carbonyl (C=O) groups is 3. The number of hydrogen-bond donors (Lipinski definition) is 1. The summed E-state index contributed by atoms with van der Waals surface area (Å²) in [5.41, 5.74) is 1.85. The number of halogens is 1. The Labute approximate surface area is 229 Å². The van der Waals surface area contributed by atoms with Crippen LogP contribution in [0.2, 0.25) is 0 Å². The van der Waals surface area contributed by atoms with Crippen LogP contribution in [0.15, 0.2) is 76.1 Å². The standard InChI is InChI=1S/C26H20BrN3O7S/c1-36-22-12-17(8-11-21(22)37-15-16-6-9-18(10-7-16)30(34)35)13-23-25(32)29(26(33)38-23)14-24(31)28-20-5-3-2-4-19(20)27/h2-13H,14-15H2,1H3,(H,28,31)/b23-13+. The highest BCUT2D eigenvalue weighted by Crippen LogP contribution is 2.35. The number of nitro groups is 1. The van der Waals surface area contributed by atoms with E-state index < -0.39 is 28.5 Å². The zero-order valence-electron chi connectivity index (χ0n) is 19.9. The molecular weight excluding hydrogens is 578 g/mol. The number of amides is 3. The Morgan fingerprint density at radius 3 is 2.53 bits per heavy atom. The maximum atomic E-state index is 12.9. The van der Waals surface area contributed by atoms with Crippen molar-refractivity contribution < 1.29 is 28.8 Å². The molecule has 10 nitrogen and oxygen atoms in total. The summed E-state index contributed by atoms with van der Waals surface area (Å²) in [6, 6.07) is 18.0. The lowest BCUT2D eigenvalue weighted by atomic mass is 10.1. The molecule has 0 saturated carbocycles. The van der Waals surface area contributed by atoms with Crippen molar-refractivity contribution in [2.45, 2.75) is 6.61 Å². The molecule has 12 heteroatoms. The second-order valence-corrected chi connectivity index (χ2v) is 9.77. The smallest absolute Gasteiger partial charge is 0.294 e. The van der Waals surface area contributed by atoms with Crippen molar-refractivity contribution in [2.75, 3.05) is 19.0 Å². The van der Waals surface area contributed by atoms with Crippen LogP contribution in [-0.2, 0) is 16.2 Å². The number of hydrogen-bond acceptors (Lipinski definition) is 8. The second kappa shape index (κ2) is 11.9. The molecule has 38 heavy (non-hydrogen) atoms. The van der Waals surface area contributed by atoms with Crippen LogP contribution in [0.5, 0.6) is 11.5 Å². The average molecular weight is 598 g/mol. The Morgan fingerprint density at radius 1 is 1.11 bits per heavy atom. The second-order valence-electron chi connectivity index (χ2n) is 7.92. The van der Waals surface area contributed by atoms with Crippen LogP contribution >= 0.6 is 27.7 Å². The average Bonchev–Trinajstić information content (AvgIpc) is 3.16. The van der Waals surface area contributed by atoms with Gasteiger partial charge in [0.25, 0.3) is 16.8 Å². The fourth-order valence-corrected chi connectivity index (χ4v) is 4.67. The third-order valence-corrected chi connectivity index (χ3v) is 6.95. The Kier molecular flexibility index (Phi) is 8.44. The van der Waals surface area contributed by atoms with E-state index in [2.05, 4.69) is 21.2 Å². The summed E-state index contributed by atoms with van der Waals surface area (Å²) in [6.45, 7) is -0.254. The van der Waals surface area contributed by atoms with Gasteiger partial charge in [-0.15, -0.1) is 0 Å². The number of para-hydroxylation sites is 1. The molecule has 3 aromatic rings. The van der Waals surface area contributed by atoms with Crippen LogP contribution in [0.1, 0.15) is 11.1 Å². The van der Waals surface area contributed by atoms with Crippen LogP contribution in [0.4, 0.5) is 16.2 Å². The van der Waals surface area contributed by atoms with Gasteiger partial charge in [-0.1, -0.05) is 18.2 Å². The SMILES string of the molecule is COc1cc(/C=C2/SC(=O)N(CC(=O)Nc3ccccc3Br)C2=O)ccc1OCc1ccc([N+](=O)[O-])cc1. The topological polar surface area (TPSA) is 128 Å². The number of ether oxygens (including phenoxy) is 2. The summed E-state index contributed by atoms with van der Waals surface area (Å²) in [5.74, 6) is -0.246. The minimum atomic E-state index is -0.570. The molecule has 1 aliphatic rings. The van der Waals surface area contributed by atoms with Gasteiger partial charge in [0.1, 0.15) is 13.2 Å². The highest BCUT2D eigenvalue weighted by molar-refractivity contribution is 9.10. The molecule has 3 aromatic carbocycles. The largest absolute Gasteiger partial charge is 0.493 e. The number of nitro benzene ring substituents is 1. The lowest BCUT2D eigenvalue weighted by Crippen LogP contribution is -2.36. The van der Waals surface area contributed by atoms with E-state index in [9.17, 15) is 24.5 Å². The van der Waals surface area contributed by atoms with Crippen LogP contribution in [-0.4, -0.2) is 40.5 Å². The summed E-state index contributed by atoms with van der Waals surface area (Å²) in [5, 5.41) is 12.9. The van der Waals surface area contributed by atoms with Crippen LogP contribution < -0.4 is 14.8 Å². The third kappa shape index (κ3) is 6.39. The van der Waals surface area contributed by atoms with Gasteiger partial charge in [-0.3, -0.25) is 29.4 Å². The first kappa shape index (κ1) is 26.9. The van der Waals surface area contributed by atoms with E-state index in [-0.39, 0.29) is 17.2 Å². The predicted molar refractivity (Wildman–Crippen MR) is 146 cm³/mol. The summed E-state index contributed by atoms with van der Waals surface area (Å²) < 4.78 is 11.9. The number of rotatable bonds is 9. The molecule has 0 spiro atoms. The molecule has 194 valence electrons. The quantitative estimate of drug-likeness (QED) is 0.191.